The number of nitrogen functional groups attached to an aromatic ring is 1. The van der Waals surface area contributed by atoms with Crippen molar-refractivity contribution in [2.24, 2.45) is 5.92 Å². The molecule has 0 amide bonds. The lowest BCUT2D eigenvalue weighted by Gasteiger charge is -2.13. The van der Waals surface area contributed by atoms with Crippen molar-refractivity contribution in [3.05, 3.63) is 23.8 Å². The predicted molar refractivity (Wildman–Crippen MR) is 76.5 cm³/mol. The number of aryl methyl sites for hydroxylation is 1. The summed E-state index contributed by atoms with van der Waals surface area (Å²) in [6.45, 7) is 7.26. The van der Waals surface area contributed by atoms with E-state index in [0.29, 0.717) is 11.6 Å². The Balaban J connectivity index is 2.36. The van der Waals surface area contributed by atoms with Gasteiger partial charge in [0.1, 0.15) is 0 Å². The van der Waals surface area contributed by atoms with Crippen LogP contribution in [0.15, 0.2) is 18.2 Å². The van der Waals surface area contributed by atoms with Gasteiger partial charge < -0.3 is 5.73 Å². The number of rotatable bonds is 5. The van der Waals surface area contributed by atoms with Gasteiger partial charge in [-0.1, -0.05) is 38.3 Å². The summed E-state index contributed by atoms with van der Waals surface area (Å²) in [5.41, 5.74) is 8.82. The molecule has 0 atom stereocenters. The number of aromatic nitrogens is 4. The lowest BCUT2D eigenvalue weighted by molar-refractivity contribution is 0.393. The van der Waals surface area contributed by atoms with E-state index in [1.165, 1.54) is 0 Å². The maximum absolute atomic E-state index is 6.04. The van der Waals surface area contributed by atoms with Gasteiger partial charge in [-0.3, -0.25) is 0 Å². The first-order chi connectivity index (χ1) is 9.15. The Bertz CT molecular complexity index is 543. The van der Waals surface area contributed by atoms with E-state index in [-0.39, 0.29) is 0 Å². The molecule has 0 fully saturated rings. The number of nitrogens with zero attached hydrogens (tertiary/aromatic N) is 4. The average molecular weight is 259 g/mol. The smallest absolute Gasteiger partial charge is 0.184 e. The molecule has 1 aromatic carbocycles. The molecule has 0 bridgehead atoms. The first kappa shape index (κ1) is 13.5. The van der Waals surface area contributed by atoms with Gasteiger partial charge in [-0.05, 0) is 35.4 Å². The molecule has 2 rings (SSSR count). The minimum absolute atomic E-state index is 0.591. The van der Waals surface area contributed by atoms with Gasteiger partial charge in [0.25, 0.3) is 0 Å². The van der Waals surface area contributed by atoms with Gasteiger partial charge in [0.2, 0.25) is 0 Å². The van der Waals surface area contributed by atoms with Crippen LogP contribution in [-0.2, 0) is 6.54 Å². The molecule has 1 aromatic heterocycles. The number of hydrogen-bond acceptors (Lipinski definition) is 4. The Hall–Kier alpha value is -1.91. The van der Waals surface area contributed by atoms with Crippen LogP contribution in [0.2, 0.25) is 0 Å². The van der Waals surface area contributed by atoms with E-state index >= 15 is 0 Å². The van der Waals surface area contributed by atoms with Crippen LogP contribution >= 0.6 is 0 Å². The van der Waals surface area contributed by atoms with Crippen LogP contribution in [0.4, 0.5) is 5.69 Å². The lowest BCUT2D eigenvalue weighted by atomic mass is 10.0. The highest BCUT2D eigenvalue weighted by atomic mass is 15.5. The molecule has 0 radical (unpaired) electrons. The number of hydrogen-bond donors (Lipinski definition) is 1. The zero-order valence-corrected chi connectivity index (χ0v) is 11.8. The number of tetrazole rings is 1. The Kier molecular flexibility index (Phi) is 4.14. The minimum Gasteiger partial charge on any atom is -0.398 e. The minimum atomic E-state index is 0.591. The topological polar surface area (TPSA) is 69.6 Å². The van der Waals surface area contributed by atoms with Crippen LogP contribution in [0.5, 0.6) is 0 Å². The van der Waals surface area contributed by atoms with E-state index in [1.807, 2.05) is 29.8 Å². The Morgan fingerprint density at radius 2 is 2.00 bits per heavy atom. The molecular formula is C14H21N5. The summed E-state index contributed by atoms with van der Waals surface area (Å²) in [6.07, 6.45) is 2.25. The van der Waals surface area contributed by atoms with Crippen molar-refractivity contribution in [3.63, 3.8) is 0 Å². The second kappa shape index (κ2) is 5.82. The molecule has 5 heteroatoms. The quantitative estimate of drug-likeness (QED) is 0.838. The Morgan fingerprint density at radius 3 is 2.68 bits per heavy atom. The zero-order valence-electron chi connectivity index (χ0n) is 11.8. The maximum Gasteiger partial charge on any atom is 0.184 e. The molecule has 5 nitrogen and oxygen atoms in total. The fourth-order valence-electron chi connectivity index (χ4n) is 2.18. The second-order valence-electron chi connectivity index (χ2n) is 4.96. The van der Waals surface area contributed by atoms with E-state index in [0.717, 1.165) is 36.3 Å². The van der Waals surface area contributed by atoms with Crippen molar-refractivity contribution in [1.29, 1.82) is 0 Å². The van der Waals surface area contributed by atoms with Crippen LogP contribution in [0.25, 0.3) is 11.4 Å². The zero-order chi connectivity index (χ0) is 13.8. The maximum atomic E-state index is 6.04. The monoisotopic (exact) mass is 259 g/mol. The van der Waals surface area contributed by atoms with E-state index in [9.17, 15) is 0 Å². The normalized spacial score (nSPS) is 11.2. The van der Waals surface area contributed by atoms with Crippen molar-refractivity contribution in [3.8, 4) is 11.4 Å². The summed E-state index contributed by atoms with van der Waals surface area (Å²) in [5, 5.41) is 12.0. The average Bonchev–Trinajstić information content (AvgIpc) is 2.86. The molecule has 0 saturated heterocycles. The molecule has 2 N–H and O–H groups in total. The lowest BCUT2D eigenvalue weighted by Crippen LogP contribution is -2.12. The van der Waals surface area contributed by atoms with Crippen molar-refractivity contribution in [1.82, 2.24) is 20.2 Å². The highest BCUT2D eigenvalue weighted by molar-refractivity contribution is 5.71. The molecule has 0 unspecified atom stereocenters. The molecule has 19 heavy (non-hydrogen) atoms. The van der Waals surface area contributed by atoms with Crippen LogP contribution in [0, 0.1) is 12.8 Å². The third-order valence-corrected chi connectivity index (χ3v) is 3.57. The molecule has 0 aliphatic rings. The Morgan fingerprint density at radius 1 is 1.26 bits per heavy atom. The first-order valence-corrected chi connectivity index (χ1v) is 6.78. The van der Waals surface area contributed by atoms with Gasteiger partial charge >= 0.3 is 0 Å². The van der Waals surface area contributed by atoms with Gasteiger partial charge in [0, 0.05) is 17.8 Å². The summed E-state index contributed by atoms with van der Waals surface area (Å²) in [5.74, 6) is 1.35. The molecule has 0 aliphatic carbocycles. The van der Waals surface area contributed by atoms with Crippen LogP contribution in [0.3, 0.4) is 0 Å². The van der Waals surface area contributed by atoms with Gasteiger partial charge in [-0.2, -0.15) is 0 Å². The van der Waals surface area contributed by atoms with Crippen molar-refractivity contribution in [2.75, 3.05) is 5.73 Å². The van der Waals surface area contributed by atoms with Crippen LogP contribution in [-0.4, -0.2) is 20.2 Å². The van der Waals surface area contributed by atoms with Gasteiger partial charge in [0.05, 0.1) is 0 Å². The van der Waals surface area contributed by atoms with E-state index in [2.05, 4.69) is 29.4 Å². The fourth-order valence-corrected chi connectivity index (χ4v) is 2.18. The molecule has 0 saturated carbocycles. The van der Waals surface area contributed by atoms with Gasteiger partial charge in [-0.15, -0.1) is 5.10 Å². The standard InChI is InChI=1S/C14H21N5/c1-4-11(5-2)9-19-14(16-17-18-19)12-8-10(3)6-7-13(12)15/h6-8,11H,4-5,9,15H2,1-3H3. The summed E-state index contributed by atoms with van der Waals surface area (Å²) >= 11 is 0. The van der Waals surface area contributed by atoms with Crippen molar-refractivity contribution >= 4 is 5.69 Å². The molecule has 1 heterocycles. The van der Waals surface area contributed by atoms with Gasteiger partial charge in [-0.25, -0.2) is 4.68 Å². The summed E-state index contributed by atoms with van der Waals surface area (Å²) in [6, 6.07) is 5.93. The van der Waals surface area contributed by atoms with Crippen LogP contribution in [0.1, 0.15) is 32.3 Å². The van der Waals surface area contributed by atoms with E-state index in [4.69, 9.17) is 5.73 Å². The third kappa shape index (κ3) is 2.92. The number of benzene rings is 1. The predicted octanol–water partition coefficient (Wildman–Crippen LogP) is 2.67. The molecule has 102 valence electrons. The van der Waals surface area contributed by atoms with E-state index in [1.54, 1.807) is 0 Å². The number of anilines is 1. The van der Waals surface area contributed by atoms with Crippen molar-refractivity contribution in [2.45, 2.75) is 40.2 Å². The third-order valence-electron chi connectivity index (χ3n) is 3.57. The van der Waals surface area contributed by atoms with E-state index < -0.39 is 0 Å². The number of nitrogens with two attached hydrogens (primary N) is 1. The first-order valence-electron chi connectivity index (χ1n) is 6.78. The summed E-state index contributed by atoms with van der Waals surface area (Å²) < 4.78 is 1.86. The largest absolute Gasteiger partial charge is 0.398 e. The second-order valence-corrected chi connectivity index (χ2v) is 4.96. The van der Waals surface area contributed by atoms with Gasteiger partial charge in [0.15, 0.2) is 5.82 Å². The summed E-state index contributed by atoms with van der Waals surface area (Å²) in [4.78, 5) is 0. The Labute approximate surface area is 113 Å². The summed E-state index contributed by atoms with van der Waals surface area (Å²) in [7, 11) is 0. The highest BCUT2D eigenvalue weighted by Crippen LogP contribution is 2.25. The molecule has 0 aliphatic heterocycles. The highest BCUT2D eigenvalue weighted by Gasteiger charge is 2.14. The SMILES string of the molecule is CCC(CC)Cn1nnnc1-c1cc(C)ccc1N. The molecule has 0 spiro atoms. The van der Waals surface area contributed by atoms with Crippen LogP contribution < -0.4 is 5.73 Å². The van der Waals surface area contributed by atoms with Crippen molar-refractivity contribution < 1.29 is 0 Å². The fraction of sp³-hybridized carbons (Fsp3) is 0.500. The molecular weight excluding hydrogens is 238 g/mol. The molecule has 2 aromatic rings.